The van der Waals surface area contributed by atoms with Crippen LogP contribution in [0.25, 0.3) is 11.3 Å². The van der Waals surface area contributed by atoms with E-state index in [1.165, 1.54) is 17.6 Å². The van der Waals surface area contributed by atoms with Gasteiger partial charge in [-0.25, -0.2) is 10.4 Å². The van der Waals surface area contributed by atoms with E-state index in [-0.39, 0.29) is 18.4 Å². The van der Waals surface area contributed by atoms with Gasteiger partial charge in [-0.1, -0.05) is 54.1 Å². The first kappa shape index (κ1) is 28.5. The van der Waals surface area contributed by atoms with Gasteiger partial charge < -0.3 is 15.4 Å². The number of benzene rings is 4. The van der Waals surface area contributed by atoms with Crippen LogP contribution in [0, 0.1) is 6.92 Å². The molecule has 42 heavy (non-hydrogen) atoms. The number of para-hydroxylation sites is 1. The van der Waals surface area contributed by atoms with Crippen molar-refractivity contribution in [1.82, 2.24) is 10.4 Å². The molecule has 0 aliphatic heterocycles. The summed E-state index contributed by atoms with van der Waals surface area (Å²) >= 11 is 7.66. The minimum atomic E-state index is -0.385. The summed E-state index contributed by atoms with van der Waals surface area (Å²) in [6.45, 7) is 1.74. The molecule has 0 aliphatic rings. The third-order valence-corrected chi connectivity index (χ3v) is 6.97. The van der Waals surface area contributed by atoms with Crippen molar-refractivity contribution in [2.75, 3.05) is 17.2 Å². The van der Waals surface area contributed by atoms with Crippen LogP contribution in [0.15, 0.2) is 108 Å². The molecule has 10 heteroatoms. The predicted molar refractivity (Wildman–Crippen MR) is 169 cm³/mol. The van der Waals surface area contributed by atoms with Gasteiger partial charge in [0, 0.05) is 38.5 Å². The van der Waals surface area contributed by atoms with Gasteiger partial charge in [-0.2, -0.15) is 5.10 Å². The number of anilines is 3. The second-order valence-electron chi connectivity index (χ2n) is 9.19. The van der Waals surface area contributed by atoms with E-state index in [9.17, 15) is 9.59 Å². The number of amides is 2. The molecule has 2 amide bonds. The molecule has 1 heterocycles. The van der Waals surface area contributed by atoms with Crippen molar-refractivity contribution in [1.29, 1.82) is 0 Å². The number of hydrogen-bond acceptors (Lipinski definition) is 7. The molecule has 1 aromatic heterocycles. The predicted octanol–water partition coefficient (Wildman–Crippen LogP) is 7.30. The number of hydrazone groups is 1. The quantitative estimate of drug-likeness (QED) is 0.116. The minimum absolute atomic E-state index is 0.210. The fourth-order valence-corrected chi connectivity index (χ4v) is 4.86. The van der Waals surface area contributed by atoms with Crippen LogP contribution in [0.1, 0.15) is 21.5 Å². The second kappa shape index (κ2) is 13.6. The van der Waals surface area contributed by atoms with Crippen LogP contribution in [0.4, 0.5) is 16.5 Å². The summed E-state index contributed by atoms with van der Waals surface area (Å²) < 4.78 is 5.70. The van der Waals surface area contributed by atoms with Gasteiger partial charge in [0.05, 0.1) is 11.9 Å². The highest BCUT2D eigenvalue weighted by Gasteiger charge is 2.10. The van der Waals surface area contributed by atoms with Crippen LogP contribution in [0.3, 0.4) is 0 Å². The monoisotopic (exact) mass is 595 g/mol. The first-order chi connectivity index (χ1) is 20.4. The second-order valence-corrected chi connectivity index (χ2v) is 10.5. The Morgan fingerprint density at radius 2 is 1.74 bits per heavy atom. The number of nitrogens with zero attached hydrogens (tertiary/aromatic N) is 2. The smallest absolute Gasteiger partial charge is 0.271 e. The zero-order valence-electron chi connectivity index (χ0n) is 22.5. The molecule has 0 spiro atoms. The fourth-order valence-electron chi connectivity index (χ4n) is 3.94. The van der Waals surface area contributed by atoms with Crippen LogP contribution in [-0.2, 0) is 4.79 Å². The highest BCUT2D eigenvalue weighted by molar-refractivity contribution is 7.14. The van der Waals surface area contributed by atoms with Crippen molar-refractivity contribution in [2.24, 2.45) is 5.10 Å². The lowest BCUT2D eigenvalue weighted by atomic mass is 10.1. The molecule has 0 bridgehead atoms. The average Bonchev–Trinajstić information content (AvgIpc) is 3.46. The molecule has 5 aromatic rings. The molecule has 0 aliphatic carbocycles. The van der Waals surface area contributed by atoms with Gasteiger partial charge in [0.25, 0.3) is 11.8 Å². The molecule has 0 atom stereocenters. The number of ether oxygens (including phenoxy) is 1. The maximum Gasteiger partial charge on any atom is 0.271 e. The van der Waals surface area contributed by atoms with Gasteiger partial charge in [0.2, 0.25) is 0 Å². The molecule has 0 saturated heterocycles. The zero-order chi connectivity index (χ0) is 29.3. The van der Waals surface area contributed by atoms with E-state index in [0.29, 0.717) is 27.6 Å². The number of carbonyl (C=O) groups is 2. The summed E-state index contributed by atoms with van der Waals surface area (Å²) in [5.41, 5.74) is 7.84. The van der Waals surface area contributed by atoms with E-state index in [4.69, 9.17) is 16.3 Å². The van der Waals surface area contributed by atoms with Crippen molar-refractivity contribution in [3.8, 4) is 17.0 Å². The van der Waals surface area contributed by atoms with E-state index >= 15 is 0 Å². The van der Waals surface area contributed by atoms with Gasteiger partial charge in [-0.15, -0.1) is 11.3 Å². The largest absolute Gasteiger partial charge is 0.483 e. The summed E-state index contributed by atoms with van der Waals surface area (Å²) in [6, 6.07) is 29.3. The van der Waals surface area contributed by atoms with Gasteiger partial charge in [0.1, 0.15) is 5.75 Å². The molecule has 5 rings (SSSR count). The van der Waals surface area contributed by atoms with Crippen LogP contribution in [0.2, 0.25) is 5.02 Å². The summed E-state index contributed by atoms with van der Waals surface area (Å²) in [5.74, 6) is -0.299. The number of carbonyl (C=O) groups excluding carboxylic acids is 2. The molecule has 0 radical (unpaired) electrons. The Morgan fingerprint density at radius 3 is 2.52 bits per heavy atom. The Labute approximate surface area is 252 Å². The summed E-state index contributed by atoms with van der Waals surface area (Å²) in [6.07, 6.45) is 1.42. The molecule has 8 nitrogen and oxygen atoms in total. The van der Waals surface area contributed by atoms with E-state index in [1.54, 1.807) is 36.4 Å². The molecule has 4 aromatic carbocycles. The van der Waals surface area contributed by atoms with E-state index < -0.39 is 0 Å². The number of aryl methyl sites for hydroxylation is 1. The number of nitrogens with one attached hydrogen (secondary N) is 3. The molecule has 210 valence electrons. The van der Waals surface area contributed by atoms with Crippen LogP contribution in [0.5, 0.6) is 5.75 Å². The average molecular weight is 596 g/mol. The molecule has 0 fully saturated rings. The highest BCUT2D eigenvalue weighted by atomic mass is 35.5. The SMILES string of the molecule is Cc1cccc(NC(=O)COc2ccc(Cl)cc2/C=N/NC(=O)c2ccc(-c3csc(Nc4ccccc4)n3)cc2)c1. The maximum absolute atomic E-state index is 12.7. The maximum atomic E-state index is 12.7. The number of hydrogen-bond donors (Lipinski definition) is 3. The van der Waals surface area contributed by atoms with Crippen LogP contribution >= 0.6 is 22.9 Å². The lowest BCUT2D eigenvalue weighted by Crippen LogP contribution is -2.20. The number of rotatable bonds is 10. The van der Waals surface area contributed by atoms with Gasteiger partial charge in [0.15, 0.2) is 11.7 Å². The minimum Gasteiger partial charge on any atom is -0.483 e. The molecule has 0 unspecified atom stereocenters. The summed E-state index contributed by atoms with van der Waals surface area (Å²) in [4.78, 5) is 29.7. The first-order valence-corrected chi connectivity index (χ1v) is 14.2. The fraction of sp³-hybridized carbons (Fsp3) is 0.0625. The summed E-state index contributed by atoms with van der Waals surface area (Å²) in [5, 5.41) is 13.3. The molecule has 0 saturated carbocycles. The molecule has 3 N–H and O–H groups in total. The van der Waals surface area contributed by atoms with Gasteiger partial charge in [-0.3, -0.25) is 9.59 Å². The third-order valence-electron chi connectivity index (χ3n) is 5.97. The normalized spacial score (nSPS) is 10.8. The molecular weight excluding hydrogens is 570 g/mol. The van der Waals surface area contributed by atoms with Crippen LogP contribution in [-0.4, -0.2) is 29.6 Å². The summed E-state index contributed by atoms with van der Waals surface area (Å²) in [7, 11) is 0. The van der Waals surface area contributed by atoms with Crippen molar-refractivity contribution >= 4 is 57.5 Å². The van der Waals surface area contributed by atoms with Crippen molar-refractivity contribution in [3.63, 3.8) is 0 Å². The number of thiazole rings is 1. The molecular formula is C32H26ClN5O3S. The van der Waals surface area contributed by atoms with Crippen molar-refractivity contribution < 1.29 is 14.3 Å². The third kappa shape index (κ3) is 7.81. The number of halogens is 1. The Hall–Kier alpha value is -4.99. The van der Waals surface area contributed by atoms with E-state index in [1.807, 2.05) is 73.0 Å². The van der Waals surface area contributed by atoms with Crippen molar-refractivity contribution in [2.45, 2.75) is 6.92 Å². The lowest BCUT2D eigenvalue weighted by Gasteiger charge is -2.10. The lowest BCUT2D eigenvalue weighted by molar-refractivity contribution is -0.118. The standard InChI is InChI=1S/C32H26ClN5O3S/c1-21-6-5-9-27(16-21)35-30(39)19-41-29-15-14-25(33)17-24(29)18-34-38-31(40)23-12-10-22(11-13-23)28-20-42-32(37-28)36-26-7-3-2-4-8-26/h2-18,20H,19H2,1H3,(H,35,39)(H,36,37)(H,38,40)/b34-18+. The van der Waals surface area contributed by atoms with Gasteiger partial charge >= 0.3 is 0 Å². The number of aromatic nitrogens is 1. The van der Waals surface area contributed by atoms with Gasteiger partial charge in [-0.05, 0) is 67.1 Å². The van der Waals surface area contributed by atoms with Crippen molar-refractivity contribution in [3.05, 3.63) is 124 Å². The Bertz CT molecular complexity index is 1720. The topological polar surface area (TPSA) is 105 Å². The van der Waals surface area contributed by atoms with Crippen LogP contribution < -0.4 is 20.8 Å². The Balaban J connectivity index is 1.17. The van der Waals surface area contributed by atoms with E-state index in [2.05, 4.69) is 26.1 Å². The first-order valence-electron chi connectivity index (χ1n) is 12.9. The Morgan fingerprint density at radius 1 is 0.952 bits per heavy atom. The zero-order valence-corrected chi connectivity index (χ0v) is 24.1. The van der Waals surface area contributed by atoms with E-state index in [0.717, 1.165) is 27.6 Å². The highest BCUT2D eigenvalue weighted by Crippen LogP contribution is 2.27. The Kier molecular flexibility index (Phi) is 9.23.